The van der Waals surface area contributed by atoms with E-state index in [-0.39, 0.29) is 0 Å². The van der Waals surface area contributed by atoms with Gasteiger partial charge in [-0.15, -0.1) is 0 Å². The summed E-state index contributed by atoms with van der Waals surface area (Å²) in [5.74, 6) is 1.45. The van der Waals surface area contributed by atoms with Gasteiger partial charge in [-0.05, 0) is 12.1 Å². The predicted molar refractivity (Wildman–Crippen MR) is 88.2 cm³/mol. The Bertz CT molecular complexity index is 677. The Morgan fingerprint density at radius 3 is 1.83 bits per heavy atom. The molecule has 3 heterocycles. The van der Waals surface area contributed by atoms with Crippen molar-refractivity contribution >= 4 is 12.4 Å². The maximum absolute atomic E-state index is 5.62. The van der Waals surface area contributed by atoms with Gasteiger partial charge < -0.3 is 14.4 Å². The summed E-state index contributed by atoms with van der Waals surface area (Å²) in [6.07, 6.45) is 12.1. The Kier molecular flexibility index (Phi) is 5.12. The molecular formula is C16H18N6O. The Hall–Kier alpha value is -2.96. The van der Waals surface area contributed by atoms with Gasteiger partial charge in [-0.3, -0.25) is 9.98 Å². The van der Waals surface area contributed by atoms with Crippen LogP contribution in [0.1, 0.15) is 22.9 Å². The van der Waals surface area contributed by atoms with Gasteiger partial charge in [0.15, 0.2) is 0 Å². The maximum Gasteiger partial charge on any atom is 0.145 e. The van der Waals surface area contributed by atoms with E-state index in [9.17, 15) is 0 Å². The third-order valence-electron chi connectivity index (χ3n) is 3.21. The quantitative estimate of drug-likeness (QED) is 0.623. The van der Waals surface area contributed by atoms with Crippen molar-refractivity contribution in [3.05, 3.63) is 60.1 Å². The molecular weight excluding hydrogens is 292 g/mol. The first kappa shape index (κ1) is 15.0. The van der Waals surface area contributed by atoms with Gasteiger partial charge in [0.25, 0.3) is 0 Å². The molecule has 0 aliphatic carbocycles. The minimum atomic E-state index is 0.691. The molecule has 3 aromatic rings. The molecule has 0 aromatic carbocycles. The SMILES string of the molecule is C(=NCCc1cnc[nH]1)c1ccc(C=NCCc2cnc[nH]2)o1. The van der Waals surface area contributed by atoms with Crippen LogP contribution in [0.3, 0.4) is 0 Å². The van der Waals surface area contributed by atoms with E-state index < -0.39 is 0 Å². The van der Waals surface area contributed by atoms with E-state index >= 15 is 0 Å². The van der Waals surface area contributed by atoms with Crippen LogP contribution >= 0.6 is 0 Å². The number of hydrogen-bond acceptors (Lipinski definition) is 5. The zero-order chi connectivity index (χ0) is 15.7. The van der Waals surface area contributed by atoms with Gasteiger partial charge in [0.2, 0.25) is 0 Å². The van der Waals surface area contributed by atoms with Crippen LogP contribution in [0, 0.1) is 0 Å². The van der Waals surface area contributed by atoms with Crippen LogP contribution in [-0.4, -0.2) is 45.5 Å². The van der Waals surface area contributed by atoms with Crippen LogP contribution < -0.4 is 0 Å². The Balaban J connectivity index is 1.42. The second kappa shape index (κ2) is 7.88. The molecule has 3 aromatic heterocycles. The normalized spacial score (nSPS) is 11.8. The molecule has 7 heteroatoms. The summed E-state index contributed by atoms with van der Waals surface area (Å²) in [6.45, 7) is 1.38. The van der Waals surface area contributed by atoms with E-state index in [0.717, 1.165) is 35.7 Å². The molecule has 0 bridgehead atoms. The first-order valence-electron chi connectivity index (χ1n) is 7.44. The average Bonchev–Trinajstić information content (AvgIpc) is 3.31. The lowest BCUT2D eigenvalue weighted by atomic mass is 10.3. The minimum Gasteiger partial charge on any atom is -0.454 e. The van der Waals surface area contributed by atoms with E-state index in [1.54, 1.807) is 37.5 Å². The number of imidazole rings is 2. The highest BCUT2D eigenvalue weighted by Gasteiger charge is 1.97. The van der Waals surface area contributed by atoms with Crippen molar-refractivity contribution in [2.24, 2.45) is 9.98 Å². The van der Waals surface area contributed by atoms with Gasteiger partial charge >= 0.3 is 0 Å². The summed E-state index contributed by atoms with van der Waals surface area (Å²) in [5.41, 5.74) is 2.15. The number of nitrogens with one attached hydrogen (secondary N) is 2. The highest BCUT2D eigenvalue weighted by Crippen LogP contribution is 2.04. The number of H-pyrrole nitrogens is 2. The fourth-order valence-electron chi connectivity index (χ4n) is 2.03. The fraction of sp³-hybridized carbons (Fsp3) is 0.250. The number of aliphatic imine (C=N–C) groups is 2. The molecule has 0 fully saturated rings. The smallest absolute Gasteiger partial charge is 0.145 e. The van der Waals surface area contributed by atoms with E-state index in [1.165, 1.54) is 0 Å². The van der Waals surface area contributed by atoms with Gasteiger partial charge in [0.05, 0.1) is 25.1 Å². The number of nitrogens with zero attached hydrogens (tertiary/aromatic N) is 4. The van der Waals surface area contributed by atoms with Crippen LogP contribution in [0.2, 0.25) is 0 Å². The van der Waals surface area contributed by atoms with Crippen LogP contribution in [0.4, 0.5) is 0 Å². The molecule has 0 unspecified atom stereocenters. The predicted octanol–water partition coefficient (Wildman–Crippen LogP) is 2.05. The van der Waals surface area contributed by atoms with E-state index in [2.05, 4.69) is 29.9 Å². The van der Waals surface area contributed by atoms with E-state index in [1.807, 2.05) is 12.1 Å². The zero-order valence-electron chi connectivity index (χ0n) is 12.6. The van der Waals surface area contributed by atoms with E-state index in [4.69, 9.17) is 4.42 Å². The Labute approximate surface area is 133 Å². The number of aromatic nitrogens is 4. The second-order valence-corrected chi connectivity index (χ2v) is 4.96. The van der Waals surface area contributed by atoms with Crippen LogP contribution in [0.15, 0.2) is 51.6 Å². The van der Waals surface area contributed by atoms with Crippen molar-refractivity contribution < 1.29 is 4.42 Å². The molecule has 118 valence electrons. The average molecular weight is 310 g/mol. The minimum absolute atomic E-state index is 0.691. The van der Waals surface area contributed by atoms with Crippen molar-refractivity contribution in [1.82, 2.24) is 19.9 Å². The van der Waals surface area contributed by atoms with Crippen LogP contribution in [0.25, 0.3) is 0 Å². The molecule has 0 amide bonds. The third-order valence-corrected chi connectivity index (χ3v) is 3.21. The summed E-state index contributed by atoms with van der Waals surface area (Å²) in [5, 5.41) is 0. The Morgan fingerprint density at radius 1 is 0.870 bits per heavy atom. The molecule has 0 saturated heterocycles. The van der Waals surface area contributed by atoms with Gasteiger partial charge in [-0.2, -0.15) is 0 Å². The van der Waals surface area contributed by atoms with Crippen molar-refractivity contribution in [3.63, 3.8) is 0 Å². The Morgan fingerprint density at radius 2 is 1.39 bits per heavy atom. The monoisotopic (exact) mass is 310 g/mol. The summed E-state index contributed by atoms with van der Waals surface area (Å²) >= 11 is 0. The molecule has 0 radical (unpaired) electrons. The lowest BCUT2D eigenvalue weighted by Gasteiger charge is -1.92. The van der Waals surface area contributed by atoms with Gasteiger partial charge in [0.1, 0.15) is 11.5 Å². The highest BCUT2D eigenvalue weighted by molar-refractivity contribution is 5.80. The number of aromatic amines is 2. The fourth-order valence-corrected chi connectivity index (χ4v) is 2.03. The molecule has 0 atom stereocenters. The van der Waals surface area contributed by atoms with Gasteiger partial charge in [0, 0.05) is 49.7 Å². The van der Waals surface area contributed by atoms with Gasteiger partial charge in [-0.1, -0.05) is 0 Å². The summed E-state index contributed by atoms with van der Waals surface area (Å²) in [4.78, 5) is 22.7. The second-order valence-electron chi connectivity index (χ2n) is 4.96. The van der Waals surface area contributed by atoms with E-state index in [0.29, 0.717) is 13.1 Å². The first-order chi connectivity index (χ1) is 11.4. The molecule has 2 N–H and O–H groups in total. The highest BCUT2D eigenvalue weighted by atomic mass is 16.3. The van der Waals surface area contributed by atoms with Crippen LogP contribution in [0.5, 0.6) is 0 Å². The first-order valence-corrected chi connectivity index (χ1v) is 7.44. The molecule has 0 saturated carbocycles. The number of hydrogen-bond donors (Lipinski definition) is 2. The largest absolute Gasteiger partial charge is 0.454 e. The van der Waals surface area contributed by atoms with Gasteiger partial charge in [-0.25, -0.2) is 9.97 Å². The summed E-state index contributed by atoms with van der Waals surface area (Å²) < 4.78 is 5.62. The number of rotatable bonds is 8. The standard InChI is InChI=1S/C16H18N6O/c1-2-16(10-18-6-4-14-8-20-12-22-14)23-15(1)9-17-5-3-13-7-19-11-21-13/h1-2,7-12H,3-6H2,(H,19,21)(H,20,22). The lowest BCUT2D eigenvalue weighted by molar-refractivity contribution is 0.553. The molecule has 3 rings (SSSR count). The van der Waals surface area contributed by atoms with Crippen molar-refractivity contribution in [1.29, 1.82) is 0 Å². The molecule has 0 spiro atoms. The molecule has 0 aliphatic heterocycles. The maximum atomic E-state index is 5.62. The molecule has 23 heavy (non-hydrogen) atoms. The number of furan rings is 1. The topological polar surface area (TPSA) is 95.2 Å². The summed E-state index contributed by atoms with van der Waals surface area (Å²) in [6, 6.07) is 3.77. The molecule has 7 nitrogen and oxygen atoms in total. The lowest BCUT2D eigenvalue weighted by Crippen LogP contribution is -1.90. The zero-order valence-corrected chi connectivity index (χ0v) is 12.6. The third kappa shape index (κ3) is 4.77. The molecule has 0 aliphatic rings. The van der Waals surface area contributed by atoms with Crippen molar-refractivity contribution in [2.75, 3.05) is 13.1 Å². The summed E-state index contributed by atoms with van der Waals surface area (Å²) in [7, 11) is 0. The van der Waals surface area contributed by atoms with Crippen molar-refractivity contribution in [2.45, 2.75) is 12.8 Å². The van der Waals surface area contributed by atoms with Crippen molar-refractivity contribution in [3.8, 4) is 0 Å². The van der Waals surface area contributed by atoms with Crippen LogP contribution in [-0.2, 0) is 12.8 Å².